The molecule has 164 valence electrons. The number of ether oxygens (including phenoxy) is 1. The van der Waals surface area contributed by atoms with Gasteiger partial charge in [-0.05, 0) is 43.5 Å². The highest BCUT2D eigenvalue weighted by Gasteiger charge is 2.29. The molecular formula is C26H27N3O3. The molecule has 1 aliphatic heterocycles. The van der Waals surface area contributed by atoms with Crippen LogP contribution in [0.15, 0.2) is 59.1 Å². The van der Waals surface area contributed by atoms with Crippen molar-refractivity contribution in [3.05, 3.63) is 83.2 Å². The molecular weight excluding hydrogens is 402 g/mol. The van der Waals surface area contributed by atoms with Crippen LogP contribution >= 0.6 is 0 Å². The summed E-state index contributed by atoms with van der Waals surface area (Å²) in [6.07, 6.45) is 4.31. The number of amides is 1. The Labute approximate surface area is 187 Å². The third-order valence-corrected chi connectivity index (χ3v) is 6.19. The minimum atomic E-state index is 0.0318. The zero-order valence-electron chi connectivity index (χ0n) is 18.4. The monoisotopic (exact) mass is 429 g/mol. The summed E-state index contributed by atoms with van der Waals surface area (Å²) in [6, 6.07) is 16.0. The van der Waals surface area contributed by atoms with Gasteiger partial charge < -0.3 is 19.0 Å². The summed E-state index contributed by atoms with van der Waals surface area (Å²) in [5.74, 6) is 2.49. The standard InChI is InChI=1S/C26H27N3O3/c1-17-9-10-18-14-23(28-22(18)12-17)26(30)29-11-5-7-20(16-29)25-27-15-21(32-25)13-19-6-3-4-8-24(19)31-2/h3-4,6,8-10,12,14-15,20,28H,5,7,11,13,16H2,1-2H3/t20-/m1/s1. The normalized spacial score (nSPS) is 16.4. The van der Waals surface area contributed by atoms with Gasteiger partial charge in [-0.25, -0.2) is 4.98 Å². The topological polar surface area (TPSA) is 71.4 Å². The average molecular weight is 430 g/mol. The Kier molecular flexibility index (Phi) is 5.43. The van der Waals surface area contributed by atoms with E-state index in [0.29, 0.717) is 24.6 Å². The molecule has 1 fully saturated rings. The van der Waals surface area contributed by atoms with E-state index in [1.807, 2.05) is 41.3 Å². The van der Waals surface area contributed by atoms with Gasteiger partial charge in [0.15, 0.2) is 5.89 Å². The summed E-state index contributed by atoms with van der Waals surface area (Å²) in [5, 5.41) is 1.06. The number of hydrogen-bond acceptors (Lipinski definition) is 4. The fourth-order valence-corrected chi connectivity index (χ4v) is 4.52. The molecule has 1 amide bonds. The van der Waals surface area contributed by atoms with E-state index in [0.717, 1.165) is 47.4 Å². The maximum absolute atomic E-state index is 13.2. The molecule has 0 aliphatic carbocycles. The number of oxazole rings is 1. The van der Waals surface area contributed by atoms with Gasteiger partial charge in [0.25, 0.3) is 5.91 Å². The first-order chi connectivity index (χ1) is 15.6. The van der Waals surface area contributed by atoms with E-state index in [1.54, 1.807) is 13.3 Å². The molecule has 2 aromatic carbocycles. The van der Waals surface area contributed by atoms with E-state index in [-0.39, 0.29) is 11.8 Å². The number of hydrogen-bond donors (Lipinski definition) is 1. The molecule has 0 spiro atoms. The molecule has 5 rings (SSSR count). The molecule has 0 bridgehead atoms. The summed E-state index contributed by atoms with van der Waals surface area (Å²) in [6.45, 7) is 3.41. The van der Waals surface area contributed by atoms with Crippen molar-refractivity contribution < 1.29 is 13.9 Å². The van der Waals surface area contributed by atoms with Crippen LogP contribution in [0, 0.1) is 6.92 Å². The van der Waals surface area contributed by atoms with Gasteiger partial charge in [-0.15, -0.1) is 0 Å². The Morgan fingerprint density at radius 2 is 2.12 bits per heavy atom. The van der Waals surface area contributed by atoms with Gasteiger partial charge in [0.05, 0.1) is 19.2 Å². The van der Waals surface area contributed by atoms with Crippen molar-refractivity contribution >= 4 is 16.8 Å². The lowest BCUT2D eigenvalue weighted by molar-refractivity contribution is 0.0693. The Balaban J connectivity index is 1.30. The van der Waals surface area contributed by atoms with E-state index >= 15 is 0 Å². The molecule has 4 aromatic rings. The van der Waals surface area contributed by atoms with E-state index < -0.39 is 0 Å². The van der Waals surface area contributed by atoms with Crippen molar-refractivity contribution in [3.8, 4) is 5.75 Å². The number of benzene rings is 2. The highest BCUT2D eigenvalue weighted by atomic mass is 16.5. The lowest BCUT2D eigenvalue weighted by atomic mass is 9.97. The highest BCUT2D eigenvalue weighted by molar-refractivity contribution is 5.98. The number of carbonyl (C=O) groups is 1. The fraction of sp³-hybridized carbons (Fsp3) is 0.308. The SMILES string of the molecule is COc1ccccc1Cc1cnc([C@@H]2CCCN(C(=O)c3cc4ccc(C)cc4[nH]3)C2)o1. The highest BCUT2D eigenvalue weighted by Crippen LogP contribution is 2.29. The second-order valence-electron chi connectivity index (χ2n) is 8.52. The molecule has 6 heteroatoms. The number of aromatic nitrogens is 2. The van der Waals surface area contributed by atoms with E-state index in [2.05, 4.69) is 29.0 Å². The first kappa shape index (κ1) is 20.4. The summed E-state index contributed by atoms with van der Waals surface area (Å²) < 4.78 is 11.6. The number of nitrogens with zero attached hydrogens (tertiary/aromatic N) is 2. The molecule has 1 saturated heterocycles. The summed E-state index contributed by atoms with van der Waals surface area (Å²) in [7, 11) is 1.67. The molecule has 0 radical (unpaired) electrons. The van der Waals surface area contributed by atoms with Crippen LogP contribution in [0.25, 0.3) is 10.9 Å². The minimum Gasteiger partial charge on any atom is -0.496 e. The maximum Gasteiger partial charge on any atom is 0.270 e. The average Bonchev–Trinajstić information content (AvgIpc) is 3.46. The molecule has 0 saturated carbocycles. The lowest BCUT2D eigenvalue weighted by Crippen LogP contribution is -2.39. The Hall–Kier alpha value is -3.54. The number of likely N-dealkylation sites (tertiary alicyclic amines) is 1. The van der Waals surface area contributed by atoms with Gasteiger partial charge in [-0.1, -0.05) is 30.3 Å². The largest absolute Gasteiger partial charge is 0.496 e. The minimum absolute atomic E-state index is 0.0318. The summed E-state index contributed by atoms with van der Waals surface area (Å²) in [4.78, 5) is 22.9. The first-order valence-electron chi connectivity index (χ1n) is 11.1. The Morgan fingerprint density at radius 3 is 3.00 bits per heavy atom. The summed E-state index contributed by atoms with van der Waals surface area (Å²) >= 11 is 0. The van der Waals surface area contributed by atoms with Crippen molar-refractivity contribution in [2.24, 2.45) is 0 Å². The van der Waals surface area contributed by atoms with Crippen LogP contribution in [0.2, 0.25) is 0 Å². The van der Waals surface area contributed by atoms with Crippen molar-refractivity contribution in [3.63, 3.8) is 0 Å². The Morgan fingerprint density at radius 1 is 1.25 bits per heavy atom. The van der Waals surface area contributed by atoms with Gasteiger partial charge in [0.2, 0.25) is 0 Å². The lowest BCUT2D eigenvalue weighted by Gasteiger charge is -2.31. The summed E-state index contributed by atoms with van der Waals surface area (Å²) in [5.41, 5.74) is 3.86. The number of fused-ring (bicyclic) bond motifs is 1. The van der Waals surface area contributed by atoms with Gasteiger partial charge in [0.1, 0.15) is 17.2 Å². The quantitative estimate of drug-likeness (QED) is 0.480. The predicted octanol–water partition coefficient (Wildman–Crippen LogP) is 5.08. The second kappa shape index (κ2) is 8.54. The predicted molar refractivity (Wildman–Crippen MR) is 123 cm³/mol. The van der Waals surface area contributed by atoms with Crippen LogP contribution in [-0.2, 0) is 6.42 Å². The second-order valence-corrected chi connectivity index (χ2v) is 8.52. The number of rotatable bonds is 5. The fourth-order valence-electron chi connectivity index (χ4n) is 4.52. The number of H-pyrrole nitrogens is 1. The van der Waals surface area contributed by atoms with Gasteiger partial charge in [0, 0.05) is 36.0 Å². The zero-order valence-corrected chi connectivity index (χ0v) is 18.4. The Bertz CT molecular complexity index is 1260. The maximum atomic E-state index is 13.2. The first-order valence-corrected chi connectivity index (χ1v) is 11.1. The molecule has 0 unspecified atom stereocenters. The number of aryl methyl sites for hydroxylation is 1. The van der Waals surface area contributed by atoms with Crippen LogP contribution in [0.3, 0.4) is 0 Å². The number of carbonyl (C=O) groups excluding carboxylic acids is 1. The van der Waals surface area contributed by atoms with Crippen molar-refractivity contribution in [2.45, 2.75) is 32.1 Å². The smallest absolute Gasteiger partial charge is 0.270 e. The number of para-hydroxylation sites is 1. The van der Waals surface area contributed by atoms with E-state index in [9.17, 15) is 4.79 Å². The number of nitrogens with one attached hydrogen (secondary N) is 1. The molecule has 3 heterocycles. The number of methoxy groups -OCH3 is 1. The van der Waals surface area contributed by atoms with Crippen LogP contribution in [0.1, 0.15) is 52.0 Å². The van der Waals surface area contributed by atoms with Crippen LogP contribution < -0.4 is 4.74 Å². The molecule has 6 nitrogen and oxygen atoms in total. The van der Waals surface area contributed by atoms with Crippen LogP contribution in [0.4, 0.5) is 0 Å². The van der Waals surface area contributed by atoms with Gasteiger partial charge in [-0.2, -0.15) is 0 Å². The molecule has 1 aliphatic rings. The molecule has 32 heavy (non-hydrogen) atoms. The van der Waals surface area contributed by atoms with Crippen LogP contribution in [0.5, 0.6) is 5.75 Å². The molecule has 1 atom stereocenters. The molecule has 2 aromatic heterocycles. The van der Waals surface area contributed by atoms with E-state index in [1.165, 1.54) is 5.56 Å². The van der Waals surface area contributed by atoms with Crippen molar-refractivity contribution in [1.82, 2.24) is 14.9 Å². The third kappa shape index (κ3) is 4.00. The van der Waals surface area contributed by atoms with Crippen molar-refractivity contribution in [1.29, 1.82) is 0 Å². The van der Waals surface area contributed by atoms with Gasteiger partial charge >= 0.3 is 0 Å². The zero-order chi connectivity index (χ0) is 22.1. The third-order valence-electron chi connectivity index (χ3n) is 6.19. The van der Waals surface area contributed by atoms with Gasteiger partial charge in [-0.3, -0.25) is 4.79 Å². The number of aromatic amines is 1. The van der Waals surface area contributed by atoms with E-state index in [4.69, 9.17) is 9.15 Å². The molecule has 1 N–H and O–H groups in total. The van der Waals surface area contributed by atoms with Crippen molar-refractivity contribution in [2.75, 3.05) is 20.2 Å². The number of piperidine rings is 1. The van der Waals surface area contributed by atoms with Crippen LogP contribution in [-0.4, -0.2) is 41.0 Å².